The van der Waals surface area contributed by atoms with E-state index in [0.717, 1.165) is 43.2 Å². The average Bonchev–Trinajstić information content (AvgIpc) is 3.38. The van der Waals surface area contributed by atoms with Gasteiger partial charge in [-0.1, -0.05) is 12.1 Å². The van der Waals surface area contributed by atoms with Crippen molar-refractivity contribution in [1.29, 1.82) is 0 Å². The van der Waals surface area contributed by atoms with Crippen LogP contribution in [0.5, 0.6) is 5.75 Å². The highest BCUT2D eigenvalue weighted by atomic mass is 32.1. The highest BCUT2D eigenvalue weighted by molar-refractivity contribution is 7.08. The van der Waals surface area contributed by atoms with Crippen molar-refractivity contribution in [1.82, 2.24) is 10.2 Å². The minimum atomic E-state index is -0.755. The van der Waals surface area contributed by atoms with Gasteiger partial charge in [0.25, 0.3) is 5.70 Å². The number of dihydropyridines is 1. The first kappa shape index (κ1) is 24.7. The number of para-hydroxylation sites is 2. The number of anilines is 1. The first-order valence-electron chi connectivity index (χ1n) is 11.5. The zero-order valence-corrected chi connectivity index (χ0v) is 21.0. The van der Waals surface area contributed by atoms with Gasteiger partial charge in [0.05, 0.1) is 29.0 Å². The summed E-state index contributed by atoms with van der Waals surface area (Å²) in [5, 5.41) is 18.5. The molecule has 0 spiro atoms. The molecule has 2 aliphatic heterocycles. The van der Waals surface area contributed by atoms with Gasteiger partial charge in [-0.05, 0) is 48.4 Å². The maximum Gasteiger partial charge on any atom is 0.337 e. The van der Waals surface area contributed by atoms with E-state index in [9.17, 15) is 14.9 Å². The molecule has 2 aromatic rings. The second-order valence-electron chi connectivity index (χ2n) is 8.56. The van der Waals surface area contributed by atoms with Crippen LogP contribution in [-0.2, 0) is 9.53 Å². The van der Waals surface area contributed by atoms with E-state index >= 15 is 0 Å². The molecule has 0 radical (unpaired) electrons. The number of methoxy groups -OCH3 is 1. The minimum absolute atomic E-state index is 0.0200. The summed E-state index contributed by atoms with van der Waals surface area (Å²) in [7, 11) is 1.68. The molecule has 0 aliphatic carbocycles. The summed E-state index contributed by atoms with van der Waals surface area (Å²) < 4.78 is 11.1. The Morgan fingerprint density at radius 1 is 1.17 bits per heavy atom. The van der Waals surface area contributed by atoms with E-state index in [-0.39, 0.29) is 12.3 Å². The molecular weight excluding hydrogens is 468 g/mol. The molecule has 0 bridgehead atoms. The Morgan fingerprint density at radius 3 is 2.57 bits per heavy atom. The summed E-state index contributed by atoms with van der Waals surface area (Å²) >= 11 is 1.44. The molecule has 35 heavy (non-hydrogen) atoms. The SMILES string of the molecule is COc1ccccc1N1CCN(CCOC(=O)C2=C(C)NC(C)=C([N+](=O)[O-])C2c2ccsc2)CC1. The smallest absolute Gasteiger partial charge is 0.337 e. The molecule has 4 rings (SSSR count). The first-order chi connectivity index (χ1) is 16.9. The zero-order chi connectivity index (χ0) is 24.9. The van der Waals surface area contributed by atoms with Crippen LogP contribution in [0, 0.1) is 10.1 Å². The summed E-state index contributed by atoms with van der Waals surface area (Å²) in [6.45, 7) is 7.61. The number of hydrogen-bond acceptors (Lipinski definition) is 9. The number of esters is 1. The lowest BCUT2D eigenvalue weighted by Gasteiger charge is -2.36. The van der Waals surface area contributed by atoms with Gasteiger partial charge < -0.3 is 19.7 Å². The van der Waals surface area contributed by atoms with E-state index < -0.39 is 16.8 Å². The number of carbonyl (C=O) groups is 1. The third-order valence-corrected chi connectivity index (χ3v) is 7.16. The Hall–Kier alpha value is -3.37. The quantitative estimate of drug-likeness (QED) is 0.335. The number of nitrogens with zero attached hydrogens (tertiary/aromatic N) is 3. The highest BCUT2D eigenvalue weighted by Crippen LogP contribution is 2.39. The Labute approximate surface area is 208 Å². The van der Waals surface area contributed by atoms with E-state index in [1.54, 1.807) is 21.0 Å². The predicted octanol–water partition coefficient (Wildman–Crippen LogP) is 3.59. The van der Waals surface area contributed by atoms with Crippen LogP contribution in [-0.4, -0.2) is 62.2 Å². The third kappa shape index (κ3) is 5.33. The number of nitrogens with one attached hydrogen (secondary N) is 1. The van der Waals surface area contributed by atoms with Crippen molar-refractivity contribution in [3.8, 4) is 5.75 Å². The maximum absolute atomic E-state index is 13.1. The van der Waals surface area contributed by atoms with Crippen LogP contribution in [0.15, 0.2) is 63.8 Å². The van der Waals surface area contributed by atoms with Gasteiger partial charge in [0, 0.05) is 38.4 Å². The molecule has 10 heteroatoms. The highest BCUT2D eigenvalue weighted by Gasteiger charge is 2.41. The van der Waals surface area contributed by atoms with Gasteiger partial charge in [0.2, 0.25) is 0 Å². The van der Waals surface area contributed by atoms with Crippen molar-refractivity contribution in [2.45, 2.75) is 19.8 Å². The molecule has 0 saturated carbocycles. The molecule has 186 valence electrons. The lowest BCUT2D eigenvalue weighted by atomic mass is 9.85. The molecule has 9 nitrogen and oxygen atoms in total. The number of piperazine rings is 1. The Bertz CT molecular complexity index is 1140. The molecule has 1 fully saturated rings. The van der Waals surface area contributed by atoms with Gasteiger partial charge in [-0.2, -0.15) is 11.3 Å². The Morgan fingerprint density at radius 2 is 1.91 bits per heavy atom. The molecule has 1 unspecified atom stereocenters. The maximum atomic E-state index is 13.1. The summed E-state index contributed by atoms with van der Waals surface area (Å²) in [5.41, 5.74) is 3.10. The normalized spacial score (nSPS) is 18.9. The monoisotopic (exact) mass is 498 g/mol. The van der Waals surface area contributed by atoms with Crippen molar-refractivity contribution in [3.05, 3.63) is 79.4 Å². The number of allylic oxidation sites excluding steroid dienone is 3. The van der Waals surface area contributed by atoms with Crippen LogP contribution in [0.25, 0.3) is 0 Å². The third-order valence-electron chi connectivity index (χ3n) is 6.46. The number of rotatable bonds is 8. The van der Waals surface area contributed by atoms with Crippen LogP contribution in [0.4, 0.5) is 5.69 Å². The number of benzene rings is 1. The van der Waals surface area contributed by atoms with E-state index in [1.165, 1.54) is 11.3 Å². The molecular formula is C25H30N4O5S. The second kappa shape index (κ2) is 10.9. The van der Waals surface area contributed by atoms with Crippen molar-refractivity contribution >= 4 is 23.0 Å². The van der Waals surface area contributed by atoms with Gasteiger partial charge in [0.15, 0.2) is 0 Å². The van der Waals surface area contributed by atoms with Crippen LogP contribution in [0.3, 0.4) is 0 Å². The van der Waals surface area contributed by atoms with Crippen LogP contribution < -0.4 is 15.0 Å². The molecule has 0 amide bonds. The molecule has 1 atom stereocenters. The average molecular weight is 499 g/mol. The van der Waals surface area contributed by atoms with Crippen molar-refractivity contribution in [2.75, 3.05) is 51.3 Å². The minimum Gasteiger partial charge on any atom is -0.495 e. The topological polar surface area (TPSA) is 97.2 Å². The van der Waals surface area contributed by atoms with E-state index in [0.29, 0.717) is 23.5 Å². The van der Waals surface area contributed by atoms with Crippen molar-refractivity contribution in [2.24, 2.45) is 0 Å². The standard InChI is InChI=1S/C25H30N4O5S/c1-17-22(23(19-8-15-35-16-19)24(29(31)32)18(2)26-17)25(30)34-14-13-27-9-11-28(12-10-27)20-6-4-5-7-21(20)33-3/h4-8,15-16,23,26H,9-14H2,1-3H3. The number of carbonyl (C=O) groups excluding carboxylic acids is 1. The second-order valence-corrected chi connectivity index (χ2v) is 9.34. The van der Waals surface area contributed by atoms with Gasteiger partial charge >= 0.3 is 5.97 Å². The lowest BCUT2D eigenvalue weighted by Crippen LogP contribution is -2.47. The summed E-state index contributed by atoms with van der Waals surface area (Å²) in [4.78, 5) is 29.1. The fraction of sp³-hybridized carbons (Fsp3) is 0.400. The van der Waals surface area contributed by atoms with Crippen LogP contribution >= 0.6 is 11.3 Å². The van der Waals surface area contributed by atoms with Gasteiger partial charge in [-0.15, -0.1) is 0 Å². The van der Waals surface area contributed by atoms with Gasteiger partial charge in [0.1, 0.15) is 18.3 Å². The van der Waals surface area contributed by atoms with Gasteiger partial charge in [-0.25, -0.2) is 4.79 Å². The van der Waals surface area contributed by atoms with Gasteiger partial charge in [-0.3, -0.25) is 15.0 Å². The van der Waals surface area contributed by atoms with E-state index in [1.807, 2.05) is 35.0 Å². The predicted molar refractivity (Wildman–Crippen MR) is 135 cm³/mol. The van der Waals surface area contributed by atoms with Crippen molar-refractivity contribution in [3.63, 3.8) is 0 Å². The summed E-state index contributed by atoms with van der Waals surface area (Å²) in [5.74, 6) is -0.418. The molecule has 1 aromatic heterocycles. The van der Waals surface area contributed by atoms with Crippen molar-refractivity contribution < 1.29 is 19.2 Å². The van der Waals surface area contributed by atoms with Crippen LogP contribution in [0.2, 0.25) is 0 Å². The molecule has 3 heterocycles. The van der Waals surface area contributed by atoms with Crippen LogP contribution in [0.1, 0.15) is 25.3 Å². The number of nitro groups is 1. The number of hydrogen-bond donors (Lipinski definition) is 1. The zero-order valence-electron chi connectivity index (χ0n) is 20.2. The molecule has 2 aliphatic rings. The molecule has 1 saturated heterocycles. The Balaban J connectivity index is 1.36. The fourth-order valence-corrected chi connectivity index (χ4v) is 5.39. The largest absolute Gasteiger partial charge is 0.495 e. The number of ether oxygens (including phenoxy) is 2. The summed E-state index contributed by atoms with van der Waals surface area (Å²) in [6.07, 6.45) is 0. The molecule has 1 N–H and O–H groups in total. The first-order valence-corrected chi connectivity index (χ1v) is 12.5. The number of thiophene rings is 1. The fourth-order valence-electron chi connectivity index (χ4n) is 4.71. The lowest BCUT2D eigenvalue weighted by molar-refractivity contribution is -0.431. The Kier molecular flexibility index (Phi) is 7.72. The van der Waals surface area contributed by atoms with E-state index in [4.69, 9.17) is 9.47 Å². The molecule has 1 aromatic carbocycles. The van der Waals surface area contributed by atoms with E-state index in [2.05, 4.69) is 21.2 Å². The summed E-state index contributed by atoms with van der Waals surface area (Å²) in [6, 6.07) is 9.80.